The summed E-state index contributed by atoms with van der Waals surface area (Å²) < 4.78 is 0. The standard InChI is InChI=1S/C15H19N5O/c16-13-11-3-1-2-4-12(11)19-15(20-13)18-8-9-5-6-10(7-9)14(17)21/h1-4,9-10H,5-8H2,(H2,17,21)(H3,16,18,19,20). The predicted octanol–water partition coefficient (Wildman–Crippen LogP) is 1.53. The Morgan fingerprint density at radius 1 is 1.29 bits per heavy atom. The van der Waals surface area contributed by atoms with Crippen molar-refractivity contribution in [2.24, 2.45) is 17.6 Å². The van der Waals surface area contributed by atoms with Crippen LogP contribution in [-0.4, -0.2) is 22.4 Å². The maximum absolute atomic E-state index is 11.2. The number of primary amides is 1. The number of nitrogens with two attached hydrogens (primary N) is 2. The SMILES string of the molecule is NC(=O)C1CCC(CNc2nc(N)c3ccccc3n2)C1. The number of para-hydroxylation sites is 1. The van der Waals surface area contributed by atoms with Gasteiger partial charge in [0, 0.05) is 17.8 Å². The van der Waals surface area contributed by atoms with Gasteiger partial charge in [0.05, 0.1) is 5.52 Å². The fourth-order valence-electron chi connectivity index (χ4n) is 2.93. The van der Waals surface area contributed by atoms with Gasteiger partial charge in [-0.15, -0.1) is 0 Å². The second-order valence-electron chi connectivity index (χ2n) is 5.61. The number of carbonyl (C=O) groups excluding carboxylic acids is 1. The number of anilines is 2. The second kappa shape index (κ2) is 5.55. The number of fused-ring (bicyclic) bond motifs is 1. The normalized spacial score (nSPS) is 21.5. The number of hydrogen-bond donors (Lipinski definition) is 3. The Morgan fingerprint density at radius 2 is 2.10 bits per heavy atom. The summed E-state index contributed by atoms with van der Waals surface area (Å²) >= 11 is 0. The molecule has 0 radical (unpaired) electrons. The first-order chi connectivity index (χ1) is 10.1. The first-order valence-corrected chi connectivity index (χ1v) is 7.19. The molecule has 21 heavy (non-hydrogen) atoms. The number of hydrogen-bond acceptors (Lipinski definition) is 5. The molecule has 1 aromatic carbocycles. The van der Waals surface area contributed by atoms with Crippen molar-refractivity contribution in [2.75, 3.05) is 17.6 Å². The van der Waals surface area contributed by atoms with Crippen molar-refractivity contribution < 1.29 is 4.79 Å². The number of amides is 1. The highest BCUT2D eigenvalue weighted by molar-refractivity contribution is 5.88. The zero-order chi connectivity index (χ0) is 14.8. The number of aromatic nitrogens is 2. The van der Waals surface area contributed by atoms with E-state index in [4.69, 9.17) is 11.5 Å². The minimum atomic E-state index is -0.191. The smallest absolute Gasteiger partial charge is 0.225 e. The van der Waals surface area contributed by atoms with Crippen molar-refractivity contribution in [2.45, 2.75) is 19.3 Å². The van der Waals surface area contributed by atoms with Gasteiger partial charge in [-0.1, -0.05) is 12.1 Å². The molecule has 6 nitrogen and oxygen atoms in total. The summed E-state index contributed by atoms with van der Waals surface area (Å²) in [6.07, 6.45) is 2.72. The van der Waals surface area contributed by atoms with Crippen molar-refractivity contribution >= 4 is 28.6 Å². The molecule has 2 unspecified atom stereocenters. The van der Waals surface area contributed by atoms with Gasteiger partial charge in [-0.05, 0) is 37.3 Å². The maximum Gasteiger partial charge on any atom is 0.225 e. The van der Waals surface area contributed by atoms with Crippen LogP contribution in [0.1, 0.15) is 19.3 Å². The molecule has 1 aliphatic carbocycles. The third-order valence-corrected chi connectivity index (χ3v) is 4.13. The molecule has 0 spiro atoms. The van der Waals surface area contributed by atoms with Gasteiger partial charge in [0.2, 0.25) is 11.9 Å². The predicted molar refractivity (Wildman–Crippen MR) is 82.5 cm³/mol. The molecule has 0 saturated heterocycles. The maximum atomic E-state index is 11.2. The molecular formula is C15H19N5O. The molecule has 1 aliphatic rings. The molecule has 1 fully saturated rings. The first kappa shape index (κ1) is 13.6. The molecule has 6 heteroatoms. The van der Waals surface area contributed by atoms with Crippen LogP contribution >= 0.6 is 0 Å². The van der Waals surface area contributed by atoms with Crippen molar-refractivity contribution in [3.63, 3.8) is 0 Å². The Balaban J connectivity index is 1.67. The number of nitrogens with zero attached hydrogens (tertiary/aromatic N) is 2. The number of nitrogens with one attached hydrogen (secondary N) is 1. The van der Waals surface area contributed by atoms with E-state index < -0.39 is 0 Å². The summed E-state index contributed by atoms with van der Waals surface area (Å²) in [5, 5.41) is 4.08. The van der Waals surface area contributed by atoms with Crippen molar-refractivity contribution in [3.8, 4) is 0 Å². The van der Waals surface area contributed by atoms with E-state index in [1.807, 2.05) is 24.3 Å². The van der Waals surface area contributed by atoms with Crippen LogP contribution in [0.25, 0.3) is 10.9 Å². The molecule has 110 valence electrons. The summed E-state index contributed by atoms with van der Waals surface area (Å²) in [5.74, 6) is 1.26. The lowest BCUT2D eigenvalue weighted by Gasteiger charge is -2.12. The van der Waals surface area contributed by atoms with Gasteiger partial charge in [0.1, 0.15) is 5.82 Å². The van der Waals surface area contributed by atoms with E-state index in [1.54, 1.807) is 0 Å². The van der Waals surface area contributed by atoms with Crippen LogP contribution in [0.15, 0.2) is 24.3 Å². The van der Waals surface area contributed by atoms with Crippen LogP contribution in [0.2, 0.25) is 0 Å². The highest BCUT2D eigenvalue weighted by Crippen LogP contribution is 2.30. The first-order valence-electron chi connectivity index (χ1n) is 7.19. The lowest BCUT2D eigenvalue weighted by atomic mass is 10.0. The lowest BCUT2D eigenvalue weighted by molar-refractivity contribution is -0.121. The summed E-state index contributed by atoms with van der Waals surface area (Å²) in [4.78, 5) is 19.9. The molecule has 1 heterocycles. The average Bonchev–Trinajstić information content (AvgIpc) is 2.94. The molecule has 1 saturated carbocycles. The van der Waals surface area contributed by atoms with Gasteiger partial charge in [-0.3, -0.25) is 4.79 Å². The van der Waals surface area contributed by atoms with Crippen LogP contribution in [0.4, 0.5) is 11.8 Å². The minimum absolute atomic E-state index is 0.0133. The Morgan fingerprint density at radius 3 is 2.86 bits per heavy atom. The van der Waals surface area contributed by atoms with Gasteiger partial charge in [0.25, 0.3) is 0 Å². The van der Waals surface area contributed by atoms with Crippen molar-refractivity contribution in [1.29, 1.82) is 0 Å². The Hall–Kier alpha value is -2.37. The van der Waals surface area contributed by atoms with Crippen LogP contribution in [0.3, 0.4) is 0 Å². The zero-order valence-electron chi connectivity index (χ0n) is 11.7. The molecule has 5 N–H and O–H groups in total. The fourth-order valence-corrected chi connectivity index (χ4v) is 2.93. The summed E-state index contributed by atoms with van der Waals surface area (Å²) in [6, 6.07) is 7.66. The molecule has 0 bridgehead atoms. The average molecular weight is 285 g/mol. The largest absolute Gasteiger partial charge is 0.383 e. The van der Waals surface area contributed by atoms with Gasteiger partial charge >= 0.3 is 0 Å². The van der Waals surface area contributed by atoms with E-state index in [9.17, 15) is 4.79 Å². The van der Waals surface area contributed by atoms with Crippen molar-refractivity contribution in [3.05, 3.63) is 24.3 Å². The minimum Gasteiger partial charge on any atom is -0.383 e. The highest BCUT2D eigenvalue weighted by Gasteiger charge is 2.28. The number of nitrogen functional groups attached to an aromatic ring is 1. The van der Waals surface area contributed by atoms with Gasteiger partial charge < -0.3 is 16.8 Å². The lowest BCUT2D eigenvalue weighted by Crippen LogP contribution is -2.21. The van der Waals surface area contributed by atoms with Crippen LogP contribution in [-0.2, 0) is 4.79 Å². The Bertz CT molecular complexity index is 672. The molecule has 1 amide bonds. The number of carbonyl (C=O) groups is 1. The van der Waals surface area contributed by atoms with Gasteiger partial charge in [-0.25, -0.2) is 4.98 Å². The third-order valence-electron chi connectivity index (χ3n) is 4.13. The Kier molecular flexibility index (Phi) is 3.60. The molecule has 3 rings (SSSR count). The summed E-state index contributed by atoms with van der Waals surface area (Å²) in [6.45, 7) is 0.738. The van der Waals surface area contributed by atoms with Crippen molar-refractivity contribution in [1.82, 2.24) is 9.97 Å². The topological polar surface area (TPSA) is 107 Å². The number of rotatable bonds is 4. The Labute approximate surface area is 122 Å². The van der Waals surface area contributed by atoms with Gasteiger partial charge in [0.15, 0.2) is 0 Å². The molecule has 0 aliphatic heterocycles. The summed E-state index contributed by atoms with van der Waals surface area (Å²) in [5.41, 5.74) is 12.1. The van der Waals surface area contributed by atoms with E-state index in [1.165, 1.54) is 0 Å². The van der Waals surface area contributed by atoms with E-state index in [0.717, 1.165) is 36.7 Å². The zero-order valence-corrected chi connectivity index (χ0v) is 11.7. The fraction of sp³-hybridized carbons (Fsp3) is 0.400. The second-order valence-corrected chi connectivity index (χ2v) is 5.61. The molecular weight excluding hydrogens is 266 g/mol. The van der Waals surface area contributed by atoms with E-state index in [0.29, 0.717) is 17.7 Å². The number of benzene rings is 1. The van der Waals surface area contributed by atoms with E-state index in [2.05, 4.69) is 15.3 Å². The molecule has 2 aromatic rings. The van der Waals surface area contributed by atoms with E-state index >= 15 is 0 Å². The summed E-state index contributed by atoms with van der Waals surface area (Å²) in [7, 11) is 0. The van der Waals surface area contributed by atoms with Gasteiger partial charge in [-0.2, -0.15) is 4.98 Å². The molecule has 1 aromatic heterocycles. The van der Waals surface area contributed by atoms with E-state index in [-0.39, 0.29) is 11.8 Å². The third kappa shape index (κ3) is 2.89. The monoisotopic (exact) mass is 285 g/mol. The highest BCUT2D eigenvalue weighted by atomic mass is 16.1. The van der Waals surface area contributed by atoms with Crippen LogP contribution in [0.5, 0.6) is 0 Å². The quantitative estimate of drug-likeness (QED) is 0.789. The van der Waals surface area contributed by atoms with Crippen LogP contribution in [0, 0.1) is 11.8 Å². The van der Waals surface area contributed by atoms with Crippen LogP contribution < -0.4 is 16.8 Å². The molecule has 2 atom stereocenters.